The van der Waals surface area contributed by atoms with Crippen molar-refractivity contribution in [2.45, 2.75) is 32.4 Å². The molecular weight excluding hydrogens is 372 g/mol. The molecule has 1 atom stereocenters. The van der Waals surface area contributed by atoms with E-state index in [0.29, 0.717) is 35.5 Å². The Kier molecular flexibility index (Phi) is 3.81. The van der Waals surface area contributed by atoms with Gasteiger partial charge < -0.3 is 14.0 Å². The summed E-state index contributed by atoms with van der Waals surface area (Å²) >= 11 is 0. The van der Waals surface area contributed by atoms with E-state index in [2.05, 4.69) is 0 Å². The Labute approximate surface area is 165 Å². The molecule has 29 heavy (non-hydrogen) atoms. The van der Waals surface area contributed by atoms with E-state index in [-0.39, 0.29) is 17.7 Å². The summed E-state index contributed by atoms with van der Waals surface area (Å²) in [5, 5.41) is 0.960. The second kappa shape index (κ2) is 6.27. The van der Waals surface area contributed by atoms with E-state index in [9.17, 15) is 14.4 Å². The number of pyridine rings is 2. The predicted molar refractivity (Wildman–Crippen MR) is 105 cm³/mol. The zero-order valence-corrected chi connectivity index (χ0v) is 16.0. The van der Waals surface area contributed by atoms with Crippen molar-refractivity contribution in [1.29, 1.82) is 0 Å². The Morgan fingerprint density at radius 2 is 2.10 bits per heavy atom. The van der Waals surface area contributed by atoms with Gasteiger partial charge in [0, 0.05) is 10.9 Å². The molecule has 0 radical (unpaired) electrons. The van der Waals surface area contributed by atoms with Gasteiger partial charge in [-0.1, -0.05) is 25.1 Å². The van der Waals surface area contributed by atoms with E-state index >= 15 is 0 Å². The first kappa shape index (κ1) is 17.6. The van der Waals surface area contributed by atoms with E-state index in [1.54, 1.807) is 4.57 Å². The molecule has 7 nitrogen and oxygen atoms in total. The van der Waals surface area contributed by atoms with Gasteiger partial charge in [-0.05, 0) is 24.1 Å². The van der Waals surface area contributed by atoms with Crippen LogP contribution in [0.25, 0.3) is 22.3 Å². The van der Waals surface area contributed by atoms with Crippen molar-refractivity contribution in [3.63, 3.8) is 0 Å². The Hall–Kier alpha value is -3.48. The minimum absolute atomic E-state index is 0.139. The fourth-order valence-electron chi connectivity index (χ4n) is 4.41. The zero-order valence-electron chi connectivity index (χ0n) is 16.0. The number of carbonyl (C=O) groups is 2. The molecule has 0 fully saturated rings. The molecule has 3 aromatic rings. The van der Waals surface area contributed by atoms with Crippen molar-refractivity contribution >= 4 is 22.8 Å². The third-order valence-corrected chi connectivity index (χ3v) is 5.75. The fraction of sp³-hybridized carbons (Fsp3) is 0.273. The molecule has 0 amide bonds. The summed E-state index contributed by atoms with van der Waals surface area (Å²) in [6.07, 6.45) is 0.413. The molecule has 4 heterocycles. The van der Waals surface area contributed by atoms with Crippen LogP contribution in [-0.2, 0) is 27.4 Å². The van der Waals surface area contributed by atoms with Crippen molar-refractivity contribution in [2.24, 2.45) is 0 Å². The van der Waals surface area contributed by atoms with Crippen LogP contribution in [0.4, 0.5) is 0 Å². The van der Waals surface area contributed by atoms with Crippen LogP contribution in [0.3, 0.4) is 0 Å². The van der Waals surface area contributed by atoms with Gasteiger partial charge in [-0.15, -0.1) is 0 Å². The Balaban J connectivity index is 1.91. The smallest absolute Gasteiger partial charge is 0.340 e. The molecule has 7 heteroatoms. The molecule has 2 aliphatic rings. The Bertz CT molecular complexity index is 1270. The number of para-hydroxylation sites is 1. The van der Waals surface area contributed by atoms with Crippen LogP contribution in [0, 0.1) is 0 Å². The van der Waals surface area contributed by atoms with E-state index < -0.39 is 17.9 Å². The normalized spacial score (nSPS) is 16.8. The second-order valence-corrected chi connectivity index (χ2v) is 7.26. The number of hydrogen-bond donors (Lipinski definition) is 0. The lowest BCUT2D eigenvalue weighted by atomic mass is 9.86. The molecule has 0 spiro atoms. The van der Waals surface area contributed by atoms with Gasteiger partial charge in [0.2, 0.25) is 0 Å². The molecular formula is C22H18N2O5. The number of hydrogen-bond acceptors (Lipinski definition) is 6. The van der Waals surface area contributed by atoms with Crippen molar-refractivity contribution in [2.75, 3.05) is 7.11 Å². The minimum Gasteiger partial charge on any atom is -0.465 e. The molecule has 5 rings (SSSR count). The largest absolute Gasteiger partial charge is 0.465 e. The standard InChI is InChI=1S/C22H18N2O5/c1-3-13-16-14(10-29-21(13)26)20(25)24-9-12-8-11-6-4-5-7-15(11)23-18(12)19(24)17(16)22(27)28-2/h4-8,13H,3,9-10H2,1-2H3. The summed E-state index contributed by atoms with van der Waals surface area (Å²) in [5.41, 5.74) is 3.39. The van der Waals surface area contributed by atoms with Gasteiger partial charge in [-0.25, -0.2) is 9.78 Å². The highest BCUT2D eigenvalue weighted by molar-refractivity contribution is 6.01. The Morgan fingerprint density at radius 1 is 1.31 bits per heavy atom. The van der Waals surface area contributed by atoms with Crippen molar-refractivity contribution in [3.05, 3.63) is 62.9 Å². The van der Waals surface area contributed by atoms with Crippen LogP contribution in [0.15, 0.2) is 35.1 Å². The van der Waals surface area contributed by atoms with Crippen molar-refractivity contribution < 1.29 is 19.1 Å². The summed E-state index contributed by atoms with van der Waals surface area (Å²) in [4.78, 5) is 43.3. The SMILES string of the molecule is CCC1C(=O)OCc2c1c(C(=O)OC)c1n(c2=O)Cc2cc3ccccc3nc2-1. The number of fused-ring (bicyclic) bond motifs is 5. The third-order valence-electron chi connectivity index (χ3n) is 5.75. The second-order valence-electron chi connectivity index (χ2n) is 7.26. The van der Waals surface area contributed by atoms with Gasteiger partial charge in [0.05, 0.1) is 47.6 Å². The van der Waals surface area contributed by atoms with Gasteiger partial charge in [-0.3, -0.25) is 9.59 Å². The van der Waals surface area contributed by atoms with Crippen LogP contribution in [0.5, 0.6) is 0 Å². The van der Waals surface area contributed by atoms with Crippen LogP contribution in [-0.4, -0.2) is 28.6 Å². The number of ether oxygens (including phenoxy) is 2. The van der Waals surface area contributed by atoms with E-state index in [4.69, 9.17) is 14.5 Å². The quantitative estimate of drug-likeness (QED) is 0.489. The number of benzene rings is 1. The van der Waals surface area contributed by atoms with Crippen LogP contribution >= 0.6 is 0 Å². The minimum atomic E-state index is -0.684. The molecule has 0 aliphatic carbocycles. The van der Waals surface area contributed by atoms with Crippen LogP contribution < -0.4 is 5.56 Å². The zero-order chi connectivity index (χ0) is 20.3. The molecule has 0 saturated heterocycles. The predicted octanol–water partition coefficient (Wildman–Crippen LogP) is 2.76. The first-order valence-corrected chi connectivity index (χ1v) is 9.48. The summed E-state index contributed by atoms with van der Waals surface area (Å²) in [6, 6.07) is 9.65. The maximum atomic E-state index is 13.3. The van der Waals surface area contributed by atoms with Crippen molar-refractivity contribution in [1.82, 2.24) is 9.55 Å². The van der Waals surface area contributed by atoms with E-state index in [0.717, 1.165) is 16.5 Å². The third kappa shape index (κ3) is 2.36. The molecule has 0 N–H and O–H groups in total. The molecule has 0 saturated carbocycles. The number of esters is 2. The molecule has 2 aromatic heterocycles. The number of rotatable bonds is 2. The maximum Gasteiger partial charge on any atom is 0.340 e. The maximum absolute atomic E-state index is 13.3. The van der Waals surface area contributed by atoms with Gasteiger partial charge in [0.1, 0.15) is 6.61 Å². The van der Waals surface area contributed by atoms with Gasteiger partial charge >= 0.3 is 11.9 Å². The lowest BCUT2D eigenvalue weighted by Crippen LogP contribution is -2.35. The summed E-state index contributed by atoms with van der Waals surface area (Å²) in [6.45, 7) is 2.00. The first-order chi connectivity index (χ1) is 14.0. The molecule has 1 aromatic carbocycles. The highest BCUT2D eigenvalue weighted by atomic mass is 16.5. The first-order valence-electron chi connectivity index (χ1n) is 9.48. The van der Waals surface area contributed by atoms with Crippen molar-refractivity contribution in [3.8, 4) is 11.4 Å². The summed E-state index contributed by atoms with van der Waals surface area (Å²) in [5.74, 6) is -1.70. The van der Waals surface area contributed by atoms with E-state index in [1.807, 2.05) is 37.3 Å². The molecule has 2 aliphatic heterocycles. The molecule has 1 unspecified atom stereocenters. The highest BCUT2D eigenvalue weighted by Gasteiger charge is 2.40. The van der Waals surface area contributed by atoms with Crippen LogP contribution in [0.1, 0.15) is 46.3 Å². The number of nitrogens with zero attached hydrogens (tertiary/aromatic N) is 2. The number of cyclic esters (lactones) is 1. The molecule has 0 bridgehead atoms. The fourth-order valence-corrected chi connectivity index (χ4v) is 4.41. The number of methoxy groups -OCH3 is 1. The van der Waals surface area contributed by atoms with Gasteiger partial charge in [0.25, 0.3) is 5.56 Å². The summed E-state index contributed by atoms with van der Waals surface area (Å²) < 4.78 is 11.8. The Morgan fingerprint density at radius 3 is 2.86 bits per heavy atom. The average molecular weight is 390 g/mol. The lowest BCUT2D eigenvalue weighted by Gasteiger charge is -2.27. The van der Waals surface area contributed by atoms with E-state index in [1.165, 1.54) is 7.11 Å². The highest BCUT2D eigenvalue weighted by Crippen LogP contribution is 2.40. The van der Waals surface area contributed by atoms with Gasteiger partial charge in [0.15, 0.2) is 0 Å². The molecule has 146 valence electrons. The number of aromatic nitrogens is 2. The topological polar surface area (TPSA) is 87.5 Å². The summed E-state index contributed by atoms with van der Waals surface area (Å²) in [7, 11) is 1.29. The average Bonchev–Trinajstić information content (AvgIpc) is 3.10. The monoisotopic (exact) mass is 390 g/mol. The van der Waals surface area contributed by atoms with Crippen LogP contribution in [0.2, 0.25) is 0 Å². The number of carbonyl (C=O) groups excluding carboxylic acids is 2. The lowest BCUT2D eigenvalue weighted by molar-refractivity contribution is -0.148. The van der Waals surface area contributed by atoms with Gasteiger partial charge in [-0.2, -0.15) is 0 Å².